The number of ether oxygens (including phenoxy) is 2. The Morgan fingerprint density at radius 1 is 1.22 bits per heavy atom. The molecule has 3 rings (SSSR count). The van der Waals surface area contributed by atoms with E-state index in [9.17, 15) is 5.11 Å². The van der Waals surface area contributed by atoms with Gasteiger partial charge in [-0.2, -0.15) is 0 Å². The van der Waals surface area contributed by atoms with Gasteiger partial charge in [-0.1, -0.05) is 6.07 Å². The first kappa shape index (κ1) is 11.8. The van der Waals surface area contributed by atoms with Crippen LogP contribution in [0.4, 0.5) is 0 Å². The normalized spacial score (nSPS) is 26.9. The summed E-state index contributed by atoms with van der Waals surface area (Å²) in [5, 5.41) is 13.7. The quantitative estimate of drug-likeness (QED) is 0.824. The predicted octanol–water partition coefficient (Wildman–Crippen LogP) is 1.11. The van der Waals surface area contributed by atoms with Crippen LogP contribution in [0, 0.1) is 0 Å². The molecule has 4 nitrogen and oxygen atoms in total. The highest BCUT2D eigenvalue weighted by atomic mass is 16.6. The molecule has 1 aromatic carbocycles. The molecule has 1 aromatic rings. The van der Waals surface area contributed by atoms with Crippen LogP contribution in [0.3, 0.4) is 0 Å². The second-order valence-corrected chi connectivity index (χ2v) is 5.16. The molecule has 0 spiro atoms. The first-order valence-electron chi connectivity index (χ1n) is 6.57. The van der Waals surface area contributed by atoms with E-state index in [4.69, 9.17) is 9.47 Å². The summed E-state index contributed by atoms with van der Waals surface area (Å²) < 4.78 is 11.1. The molecular formula is C14H19NO3. The fourth-order valence-corrected chi connectivity index (χ4v) is 2.68. The van der Waals surface area contributed by atoms with Gasteiger partial charge in [-0.25, -0.2) is 0 Å². The van der Waals surface area contributed by atoms with Gasteiger partial charge < -0.3 is 19.9 Å². The number of hydrogen-bond acceptors (Lipinski definition) is 4. The van der Waals surface area contributed by atoms with Crippen LogP contribution in [0.1, 0.15) is 18.4 Å². The number of piperidine rings is 1. The lowest BCUT2D eigenvalue weighted by Crippen LogP contribution is -2.47. The molecular weight excluding hydrogens is 230 g/mol. The molecule has 2 N–H and O–H groups in total. The number of hydrogen-bond donors (Lipinski definition) is 2. The van der Waals surface area contributed by atoms with E-state index in [2.05, 4.69) is 5.32 Å². The van der Waals surface area contributed by atoms with Gasteiger partial charge in [-0.05, 0) is 37.1 Å². The molecule has 1 unspecified atom stereocenters. The summed E-state index contributed by atoms with van der Waals surface area (Å²) in [6.45, 7) is 2.88. The van der Waals surface area contributed by atoms with E-state index in [0.29, 0.717) is 26.2 Å². The first-order chi connectivity index (χ1) is 8.75. The van der Waals surface area contributed by atoms with Crippen LogP contribution >= 0.6 is 0 Å². The molecule has 2 aliphatic heterocycles. The monoisotopic (exact) mass is 249 g/mol. The fraction of sp³-hybridized carbons (Fsp3) is 0.571. The van der Waals surface area contributed by atoms with Crippen molar-refractivity contribution in [1.29, 1.82) is 0 Å². The van der Waals surface area contributed by atoms with Crippen LogP contribution in [-0.4, -0.2) is 37.0 Å². The average molecular weight is 249 g/mol. The highest BCUT2D eigenvalue weighted by Crippen LogP contribution is 2.32. The van der Waals surface area contributed by atoms with E-state index in [1.807, 2.05) is 18.2 Å². The second-order valence-electron chi connectivity index (χ2n) is 5.16. The number of nitrogens with one attached hydrogen (secondary N) is 1. The van der Waals surface area contributed by atoms with Gasteiger partial charge in [0.25, 0.3) is 0 Å². The third kappa shape index (κ3) is 2.44. The Balaban J connectivity index is 1.76. The number of aliphatic hydroxyl groups is 1. The van der Waals surface area contributed by atoms with Crippen LogP contribution in [0.5, 0.6) is 11.5 Å². The summed E-state index contributed by atoms with van der Waals surface area (Å²) in [4.78, 5) is 0. The van der Waals surface area contributed by atoms with Gasteiger partial charge in [0.05, 0.1) is 5.60 Å². The Labute approximate surface area is 107 Å². The van der Waals surface area contributed by atoms with Gasteiger partial charge in [-0.3, -0.25) is 0 Å². The van der Waals surface area contributed by atoms with Crippen molar-refractivity contribution in [2.75, 3.05) is 26.3 Å². The molecule has 1 atom stereocenters. The molecule has 98 valence electrons. The van der Waals surface area contributed by atoms with Crippen LogP contribution in [-0.2, 0) is 6.42 Å². The first-order valence-corrected chi connectivity index (χ1v) is 6.57. The summed E-state index contributed by atoms with van der Waals surface area (Å²) in [5.74, 6) is 1.60. The number of rotatable bonds is 2. The Hall–Kier alpha value is -1.26. The van der Waals surface area contributed by atoms with Crippen molar-refractivity contribution in [2.24, 2.45) is 0 Å². The van der Waals surface area contributed by atoms with Gasteiger partial charge in [0.1, 0.15) is 13.2 Å². The summed E-state index contributed by atoms with van der Waals surface area (Å²) >= 11 is 0. The molecule has 18 heavy (non-hydrogen) atoms. The van der Waals surface area contributed by atoms with Crippen LogP contribution in [0.15, 0.2) is 18.2 Å². The van der Waals surface area contributed by atoms with Crippen molar-refractivity contribution in [3.05, 3.63) is 23.8 Å². The summed E-state index contributed by atoms with van der Waals surface area (Å²) in [7, 11) is 0. The molecule has 0 aromatic heterocycles. The van der Waals surface area contributed by atoms with E-state index in [1.54, 1.807) is 0 Å². The average Bonchev–Trinajstić information content (AvgIpc) is 2.39. The van der Waals surface area contributed by atoms with Gasteiger partial charge >= 0.3 is 0 Å². The minimum Gasteiger partial charge on any atom is -0.486 e. The SMILES string of the molecule is OC1(Cc2ccc3c(c2)OCCO3)CCCNC1. The van der Waals surface area contributed by atoms with Crippen molar-refractivity contribution in [2.45, 2.75) is 24.9 Å². The summed E-state index contributed by atoms with van der Waals surface area (Å²) in [6.07, 6.45) is 2.55. The molecule has 0 bridgehead atoms. The molecule has 1 saturated heterocycles. The molecule has 2 aliphatic rings. The molecule has 0 radical (unpaired) electrons. The van der Waals surface area contributed by atoms with Crippen LogP contribution in [0.2, 0.25) is 0 Å². The van der Waals surface area contributed by atoms with Gasteiger partial charge in [0.15, 0.2) is 11.5 Å². The van der Waals surface area contributed by atoms with Gasteiger partial charge in [-0.15, -0.1) is 0 Å². The zero-order valence-corrected chi connectivity index (χ0v) is 10.4. The maximum absolute atomic E-state index is 10.5. The maximum atomic E-state index is 10.5. The largest absolute Gasteiger partial charge is 0.486 e. The van der Waals surface area contributed by atoms with Crippen molar-refractivity contribution in [1.82, 2.24) is 5.32 Å². The van der Waals surface area contributed by atoms with Crippen molar-refractivity contribution < 1.29 is 14.6 Å². The van der Waals surface area contributed by atoms with Crippen LogP contribution in [0.25, 0.3) is 0 Å². The highest BCUT2D eigenvalue weighted by Gasteiger charge is 2.29. The topological polar surface area (TPSA) is 50.7 Å². The number of fused-ring (bicyclic) bond motifs is 1. The zero-order valence-electron chi connectivity index (χ0n) is 10.4. The minimum absolute atomic E-state index is 0.599. The van der Waals surface area contributed by atoms with E-state index >= 15 is 0 Å². The standard InChI is InChI=1S/C14H19NO3/c16-14(4-1-5-15-10-14)9-11-2-3-12-13(8-11)18-7-6-17-12/h2-3,8,15-16H,1,4-7,9-10H2. The molecule has 0 aliphatic carbocycles. The fourth-order valence-electron chi connectivity index (χ4n) is 2.68. The summed E-state index contributed by atoms with van der Waals surface area (Å²) in [6, 6.07) is 5.94. The number of β-amino-alcohol motifs (C(OH)–C–C–N with tert-alkyl or cyclic N) is 1. The summed E-state index contributed by atoms with van der Waals surface area (Å²) in [5.41, 5.74) is 0.479. The number of benzene rings is 1. The van der Waals surface area contributed by atoms with Crippen molar-refractivity contribution in [3.8, 4) is 11.5 Å². The third-order valence-electron chi connectivity index (χ3n) is 3.59. The Kier molecular flexibility index (Phi) is 3.14. The minimum atomic E-state index is -0.623. The Bertz CT molecular complexity index is 427. The second kappa shape index (κ2) is 4.78. The lowest BCUT2D eigenvalue weighted by Gasteiger charge is -2.33. The molecule has 0 amide bonds. The Morgan fingerprint density at radius 3 is 2.83 bits per heavy atom. The van der Waals surface area contributed by atoms with Crippen LogP contribution < -0.4 is 14.8 Å². The van der Waals surface area contributed by atoms with Crippen molar-refractivity contribution >= 4 is 0 Å². The molecule has 4 heteroatoms. The molecule has 1 fully saturated rings. The molecule has 2 heterocycles. The highest BCUT2D eigenvalue weighted by molar-refractivity contribution is 5.44. The van der Waals surface area contributed by atoms with E-state index in [1.165, 1.54) is 0 Å². The lowest BCUT2D eigenvalue weighted by atomic mass is 9.87. The van der Waals surface area contributed by atoms with E-state index < -0.39 is 5.60 Å². The zero-order chi connectivity index (χ0) is 12.4. The smallest absolute Gasteiger partial charge is 0.161 e. The molecule has 0 saturated carbocycles. The van der Waals surface area contributed by atoms with E-state index in [0.717, 1.165) is 36.4 Å². The van der Waals surface area contributed by atoms with Gasteiger partial charge in [0.2, 0.25) is 0 Å². The Morgan fingerprint density at radius 2 is 2.06 bits per heavy atom. The van der Waals surface area contributed by atoms with Crippen molar-refractivity contribution in [3.63, 3.8) is 0 Å². The van der Waals surface area contributed by atoms with E-state index in [-0.39, 0.29) is 0 Å². The third-order valence-corrected chi connectivity index (χ3v) is 3.59. The lowest BCUT2D eigenvalue weighted by molar-refractivity contribution is 0.0168. The maximum Gasteiger partial charge on any atom is 0.161 e. The van der Waals surface area contributed by atoms with Gasteiger partial charge in [0, 0.05) is 13.0 Å². The predicted molar refractivity (Wildman–Crippen MR) is 68.2 cm³/mol.